The number of benzene rings is 1. The summed E-state index contributed by atoms with van der Waals surface area (Å²) >= 11 is 5.83. The average molecular weight is 406 g/mol. The summed E-state index contributed by atoms with van der Waals surface area (Å²) < 4.78 is 18.7. The van der Waals surface area contributed by atoms with Gasteiger partial charge in [-0.3, -0.25) is 4.79 Å². The molecule has 1 aliphatic rings. The van der Waals surface area contributed by atoms with Crippen LogP contribution < -0.4 is 10.6 Å². The summed E-state index contributed by atoms with van der Waals surface area (Å²) in [6.45, 7) is 6.22. The summed E-state index contributed by atoms with van der Waals surface area (Å²) in [7, 11) is 0. The summed E-state index contributed by atoms with van der Waals surface area (Å²) in [5.74, 6) is 0.590. The summed E-state index contributed by atoms with van der Waals surface area (Å²) in [5, 5.41) is 6.18. The minimum atomic E-state index is -0.473. The number of carbonyl (C=O) groups is 1. The first-order chi connectivity index (χ1) is 13.4. The molecular formula is C21H25ClFN3O2. The number of anilines is 2. The topological polar surface area (TPSA) is 63.2 Å². The number of carbonyl (C=O) groups excluding carboxylic acids is 1. The van der Waals surface area contributed by atoms with Gasteiger partial charge < -0.3 is 15.4 Å². The van der Waals surface area contributed by atoms with Crippen LogP contribution in [0.1, 0.15) is 48.5 Å². The molecule has 1 aliphatic heterocycles. The van der Waals surface area contributed by atoms with Crippen LogP contribution in [0, 0.1) is 11.7 Å². The Labute approximate surface area is 169 Å². The van der Waals surface area contributed by atoms with Gasteiger partial charge in [0.15, 0.2) is 0 Å². The van der Waals surface area contributed by atoms with Gasteiger partial charge in [-0.1, -0.05) is 25.4 Å². The van der Waals surface area contributed by atoms with E-state index in [1.165, 1.54) is 12.1 Å². The molecule has 0 unspecified atom stereocenters. The van der Waals surface area contributed by atoms with Crippen molar-refractivity contribution >= 4 is 29.0 Å². The maximum absolute atomic E-state index is 13.3. The Bertz CT molecular complexity index is 838. The molecule has 2 N–H and O–H groups in total. The summed E-state index contributed by atoms with van der Waals surface area (Å²) in [4.78, 5) is 17.1. The van der Waals surface area contributed by atoms with E-state index in [0.29, 0.717) is 29.5 Å². The molecule has 0 atom stereocenters. The average Bonchev–Trinajstić information content (AvgIpc) is 2.69. The molecule has 1 saturated heterocycles. The summed E-state index contributed by atoms with van der Waals surface area (Å²) in [5.41, 5.74) is 2.10. The first-order valence-corrected chi connectivity index (χ1v) is 9.89. The predicted molar refractivity (Wildman–Crippen MR) is 109 cm³/mol. The molecule has 2 heterocycles. The first-order valence-electron chi connectivity index (χ1n) is 9.52. The van der Waals surface area contributed by atoms with Crippen molar-refractivity contribution in [1.29, 1.82) is 0 Å². The van der Waals surface area contributed by atoms with Gasteiger partial charge in [0, 0.05) is 31.6 Å². The summed E-state index contributed by atoms with van der Waals surface area (Å²) in [6, 6.07) is 6.24. The van der Waals surface area contributed by atoms with Crippen LogP contribution in [0.5, 0.6) is 0 Å². The third kappa shape index (κ3) is 5.20. The number of pyridine rings is 1. The number of halogens is 2. The third-order valence-corrected chi connectivity index (χ3v) is 5.18. The SMILES string of the molecule is CC(C)c1cc(Nc2ccc(F)c(Cl)c2)ncc1C(=O)NCC1CCOCC1. The highest BCUT2D eigenvalue weighted by molar-refractivity contribution is 6.31. The highest BCUT2D eigenvalue weighted by Crippen LogP contribution is 2.26. The molecule has 0 radical (unpaired) electrons. The molecule has 28 heavy (non-hydrogen) atoms. The molecule has 1 fully saturated rings. The molecule has 1 aromatic carbocycles. The fourth-order valence-electron chi connectivity index (χ4n) is 3.21. The van der Waals surface area contributed by atoms with Gasteiger partial charge in [-0.15, -0.1) is 0 Å². The number of rotatable bonds is 6. The van der Waals surface area contributed by atoms with Crippen LogP contribution >= 0.6 is 11.6 Å². The Morgan fingerprint density at radius 1 is 1.32 bits per heavy atom. The second kappa shape index (κ2) is 9.34. The zero-order valence-corrected chi connectivity index (χ0v) is 16.9. The zero-order valence-electron chi connectivity index (χ0n) is 16.1. The molecule has 3 rings (SSSR count). The lowest BCUT2D eigenvalue weighted by Crippen LogP contribution is -2.32. The van der Waals surface area contributed by atoms with E-state index in [9.17, 15) is 9.18 Å². The van der Waals surface area contributed by atoms with Crippen molar-refractivity contribution in [1.82, 2.24) is 10.3 Å². The minimum Gasteiger partial charge on any atom is -0.381 e. The molecule has 5 nitrogen and oxygen atoms in total. The van der Waals surface area contributed by atoms with Gasteiger partial charge >= 0.3 is 0 Å². The largest absolute Gasteiger partial charge is 0.381 e. The Morgan fingerprint density at radius 2 is 2.07 bits per heavy atom. The maximum atomic E-state index is 13.3. The van der Waals surface area contributed by atoms with Crippen molar-refractivity contribution in [3.05, 3.63) is 52.4 Å². The Hall–Kier alpha value is -2.18. The number of nitrogens with one attached hydrogen (secondary N) is 2. The Morgan fingerprint density at radius 3 is 2.75 bits per heavy atom. The quantitative estimate of drug-likeness (QED) is 0.717. The molecule has 2 aromatic rings. The fraction of sp³-hybridized carbons (Fsp3) is 0.429. The van der Waals surface area contributed by atoms with Crippen LogP contribution in [0.15, 0.2) is 30.5 Å². The second-order valence-electron chi connectivity index (χ2n) is 7.33. The van der Waals surface area contributed by atoms with Gasteiger partial charge in [0.1, 0.15) is 11.6 Å². The lowest BCUT2D eigenvalue weighted by molar-refractivity contribution is 0.0642. The molecule has 7 heteroatoms. The number of amides is 1. The standard InChI is InChI=1S/C21H25ClFN3O2/c1-13(2)16-10-20(26-15-3-4-19(23)18(22)9-15)24-12-17(16)21(27)25-11-14-5-7-28-8-6-14/h3-4,9-10,12-14H,5-8,11H2,1-2H3,(H,24,26)(H,25,27). The van der Waals surface area contributed by atoms with Crippen LogP contribution in [-0.4, -0.2) is 30.6 Å². The molecular weight excluding hydrogens is 381 g/mol. The Balaban J connectivity index is 1.72. The van der Waals surface area contributed by atoms with Crippen molar-refractivity contribution in [3.8, 4) is 0 Å². The molecule has 150 valence electrons. The van der Waals surface area contributed by atoms with Gasteiger partial charge in [-0.25, -0.2) is 9.37 Å². The normalized spacial score (nSPS) is 14.9. The minimum absolute atomic E-state index is 0.0400. The molecule has 0 aliphatic carbocycles. The molecule has 0 saturated carbocycles. The van der Waals surface area contributed by atoms with Gasteiger partial charge in [0.25, 0.3) is 5.91 Å². The van der Waals surface area contributed by atoms with Crippen LogP contribution in [0.4, 0.5) is 15.9 Å². The monoisotopic (exact) mass is 405 g/mol. The van der Waals surface area contributed by atoms with E-state index in [4.69, 9.17) is 16.3 Å². The van der Waals surface area contributed by atoms with Crippen molar-refractivity contribution in [2.24, 2.45) is 5.92 Å². The lowest BCUT2D eigenvalue weighted by atomic mass is 9.97. The third-order valence-electron chi connectivity index (χ3n) is 4.89. The van der Waals surface area contributed by atoms with Gasteiger partial charge in [-0.05, 0) is 54.5 Å². The first kappa shape index (κ1) is 20.6. The maximum Gasteiger partial charge on any atom is 0.253 e. The highest BCUT2D eigenvalue weighted by atomic mass is 35.5. The Kier molecular flexibility index (Phi) is 6.86. The van der Waals surface area contributed by atoms with Gasteiger partial charge in [0.2, 0.25) is 0 Å². The van der Waals surface area contributed by atoms with Crippen molar-refractivity contribution in [2.45, 2.75) is 32.6 Å². The van der Waals surface area contributed by atoms with E-state index in [0.717, 1.165) is 31.6 Å². The summed E-state index contributed by atoms with van der Waals surface area (Å²) in [6.07, 6.45) is 3.53. The highest BCUT2D eigenvalue weighted by Gasteiger charge is 2.19. The van der Waals surface area contributed by atoms with Crippen LogP contribution in [0.3, 0.4) is 0 Å². The van der Waals surface area contributed by atoms with Gasteiger partial charge in [0.05, 0.1) is 10.6 Å². The van der Waals surface area contributed by atoms with Crippen LogP contribution in [0.2, 0.25) is 5.02 Å². The van der Waals surface area contributed by atoms with Crippen LogP contribution in [-0.2, 0) is 4.74 Å². The van der Waals surface area contributed by atoms with Crippen molar-refractivity contribution < 1.29 is 13.9 Å². The van der Waals surface area contributed by atoms with E-state index >= 15 is 0 Å². The predicted octanol–water partition coefficient (Wildman–Crippen LogP) is 4.90. The van der Waals surface area contributed by atoms with E-state index in [-0.39, 0.29) is 16.8 Å². The molecule has 0 bridgehead atoms. The van der Waals surface area contributed by atoms with Crippen molar-refractivity contribution in [2.75, 3.05) is 25.1 Å². The number of nitrogens with zero attached hydrogens (tertiary/aromatic N) is 1. The zero-order chi connectivity index (χ0) is 20.1. The fourth-order valence-corrected chi connectivity index (χ4v) is 3.39. The number of aromatic nitrogens is 1. The number of hydrogen-bond donors (Lipinski definition) is 2. The van der Waals surface area contributed by atoms with Crippen molar-refractivity contribution in [3.63, 3.8) is 0 Å². The van der Waals surface area contributed by atoms with Crippen LogP contribution in [0.25, 0.3) is 0 Å². The lowest BCUT2D eigenvalue weighted by Gasteiger charge is -2.22. The number of hydrogen-bond acceptors (Lipinski definition) is 4. The molecule has 0 spiro atoms. The van der Waals surface area contributed by atoms with Gasteiger partial charge in [-0.2, -0.15) is 0 Å². The molecule has 1 aromatic heterocycles. The smallest absolute Gasteiger partial charge is 0.253 e. The van der Waals surface area contributed by atoms with E-state index in [1.54, 1.807) is 12.3 Å². The number of ether oxygens (including phenoxy) is 1. The second-order valence-corrected chi connectivity index (χ2v) is 7.74. The molecule has 1 amide bonds. The van der Waals surface area contributed by atoms with E-state index in [2.05, 4.69) is 15.6 Å². The van der Waals surface area contributed by atoms with E-state index < -0.39 is 5.82 Å². The van der Waals surface area contributed by atoms with E-state index in [1.807, 2.05) is 19.9 Å².